The standard InChI is InChI=1S/C18H19N3O6S/c1-10-6-14(26-2)15(27-3)8-12(10)20-17(22)9-28-16-5-4-11(18(19)23)7-13(16)21(24)25/h4-8H,9H2,1-3H3,(H2,19,23)(H,20,22). The normalized spacial score (nSPS) is 10.2. The molecule has 0 spiro atoms. The van der Waals surface area contributed by atoms with Gasteiger partial charge in [-0.1, -0.05) is 0 Å². The Bertz CT molecular complexity index is 932. The first-order chi connectivity index (χ1) is 13.3. The third-order valence-electron chi connectivity index (χ3n) is 3.80. The third kappa shape index (κ3) is 4.92. The summed E-state index contributed by atoms with van der Waals surface area (Å²) in [5.41, 5.74) is 6.21. The molecule has 0 aliphatic heterocycles. The molecule has 9 nitrogen and oxygen atoms in total. The molecule has 0 radical (unpaired) electrons. The summed E-state index contributed by atoms with van der Waals surface area (Å²) in [5, 5.41) is 14.0. The number of ether oxygens (including phenoxy) is 2. The van der Waals surface area contributed by atoms with E-state index in [0.717, 1.165) is 23.4 Å². The fourth-order valence-corrected chi connectivity index (χ4v) is 3.18. The molecule has 10 heteroatoms. The van der Waals surface area contributed by atoms with E-state index in [1.165, 1.54) is 26.4 Å². The lowest BCUT2D eigenvalue weighted by Crippen LogP contribution is -2.15. The van der Waals surface area contributed by atoms with E-state index >= 15 is 0 Å². The molecule has 28 heavy (non-hydrogen) atoms. The van der Waals surface area contributed by atoms with Crippen molar-refractivity contribution in [2.24, 2.45) is 5.73 Å². The van der Waals surface area contributed by atoms with Crippen LogP contribution in [0.5, 0.6) is 11.5 Å². The predicted molar refractivity (Wildman–Crippen MR) is 105 cm³/mol. The molecule has 0 fully saturated rings. The lowest BCUT2D eigenvalue weighted by Gasteiger charge is -2.13. The number of aryl methyl sites for hydroxylation is 1. The Morgan fingerprint density at radius 3 is 2.39 bits per heavy atom. The van der Waals surface area contributed by atoms with Crippen LogP contribution in [0.2, 0.25) is 0 Å². The Hall–Kier alpha value is -3.27. The number of primary amides is 1. The number of rotatable bonds is 8. The van der Waals surface area contributed by atoms with E-state index in [1.54, 1.807) is 19.1 Å². The Labute approximate surface area is 165 Å². The van der Waals surface area contributed by atoms with Crippen molar-refractivity contribution >= 4 is 35.0 Å². The zero-order valence-electron chi connectivity index (χ0n) is 15.5. The van der Waals surface area contributed by atoms with Gasteiger partial charge < -0.3 is 20.5 Å². The topological polar surface area (TPSA) is 134 Å². The van der Waals surface area contributed by atoms with Gasteiger partial charge in [-0.05, 0) is 30.7 Å². The highest BCUT2D eigenvalue weighted by Crippen LogP contribution is 2.34. The number of anilines is 1. The fourth-order valence-electron chi connectivity index (χ4n) is 2.38. The zero-order chi connectivity index (χ0) is 20.8. The maximum absolute atomic E-state index is 12.3. The van der Waals surface area contributed by atoms with Crippen molar-refractivity contribution in [3.05, 3.63) is 51.6 Å². The molecular weight excluding hydrogens is 386 g/mol. The van der Waals surface area contributed by atoms with Gasteiger partial charge in [-0.3, -0.25) is 19.7 Å². The van der Waals surface area contributed by atoms with E-state index in [2.05, 4.69) is 5.32 Å². The van der Waals surface area contributed by atoms with E-state index in [0.29, 0.717) is 17.2 Å². The minimum absolute atomic E-state index is 0.0291. The number of methoxy groups -OCH3 is 2. The molecular formula is C18H19N3O6S. The second-order valence-corrected chi connectivity index (χ2v) is 6.68. The largest absolute Gasteiger partial charge is 0.493 e. The van der Waals surface area contributed by atoms with Gasteiger partial charge in [0, 0.05) is 23.4 Å². The van der Waals surface area contributed by atoms with Gasteiger partial charge in [0.25, 0.3) is 5.69 Å². The zero-order valence-corrected chi connectivity index (χ0v) is 16.3. The van der Waals surface area contributed by atoms with Crippen molar-refractivity contribution in [3.8, 4) is 11.5 Å². The van der Waals surface area contributed by atoms with Gasteiger partial charge in [-0.25, -0.2) is 0 Å². The van der Waals surface area contributed by atoms with Gasteiger partial charge in [0.2, 0.25) is 11.8 Å². The number of hydrogen-bond acceptors (Lipinski definition) is 7. The summed E-state index contributed by atoms with van der Waals surface area (Å²) in [6, 6.07) is 7.25. The molecule has 2 rings (SSSR count). The summed E-state index contributed by atoms with van der Waals surface area (Å²) in [6.07, 6.45) is 0. The molecule has 148 valence electrons. The molecule has 0 saturated heterocycles. The molecule has 0 heterocycles. The van der Waals surface area contributed by atoms with E-state index in [9.17, 15) is 19.7 Å². The number of hydrogen-bond donors (Lipinski definition) is 2. The second kappa shape index (κ2) is 9.09. The summed E-state index contributed by atoms with van der Waals surface area (Å²) in [6.45, 7) is 1.80. The summed E-state index contributed by atoms with van der Waals surface area (Å²) in [5.74, 6) is -0.175. The van der Waals surface area contributed by atoms with Crippen LogP contribution in [0.25, 0.3) is 0 Å². The Kier molecular flexibility index (Phi) is 6.83. The van der Waals surface area contributed by atoms with E-state index in [1.807, 2.05) is 0 Å². The fraction of sp³-hybridized carbons (Fsp3) is 0.222. The summed E-state index contributed by atoms with van der Waals surface area (Å²) >= 11 is 0.985. The van der Waals surface area contributed by atoms with Gasteiger partial charge in [0.15, 0.2) is 11.5 Å². The number of nitrogens with two attached hydrogens (primary N) is 1. The van der Waals surface area contributed by atoms with Gasteiger partial charge in [0.05, 0.1) is 29.8 Å². The lowest BCUT2D eigenvalue weighted by molar-refractivity contribution is -0.387. The second-order valence-electron chi connectivity index (χ2n) is 5.66. The van der Waals surface area contributed by atoms with Gasteiger partial charge in [-0.15, -0.1) is 11.8 Å². The number of nitrogens with one attached hydrogen (secondary N) is 1. The number of carbonyl (C=O) groups excluding carboxylic acids is 2. The van der Waals surface area contributed by atoms with Crippen LogP contribution in [-0.2, 0) is 4.79 Å². The van der Waals surface area contributed by atoms with Gasteiger partial charge in [-0.2, -0.15) is 0 Å². The van der Waals surface area contributed by atoms with Crippen molar-refractivity contribution in [3.63, 3.8) is 0 Å². The van der Waals surface area contributed by atoms with Gasteiger partial charge >= 0.3 is 0 Å². The first-order valence-corrected chi connectivity index (χ1v) is 8.99. The molecule has 0 atom stereocenters. The molecule has 2 aromatic carbocycles. The van der Waals surface area contributed by atoms with Crippen LogP contribution in [0.15, 0.2) is 35.2 Å². The summed E-state index contributed by atoms with van der Waals surface area (Å²) in [4.78, 5) is 34.4. The molecule has 0 bridgehead atoms. The predicted octanol–water partition coefficient (Wildman–Crippen LogP) is 2.75. The average molecular weight is 405 g/mol. The van der Waals surface area contributed by atoms with Crippen molar-refractivity contribution in [2.45, 2.75) is 11.8 Å². The monoisotopic (exact) mass is 405 g/mol. The van der Waals surface area contributed by atoms with E-state index < -0.39 is 10.8 Å². The average Bonchev–Trinajstić information content (AvgIpc) is 2.67. The lowest BCUT2D eigenvalue weighted by atomic mass is 10.1. The minimum Gasteiger partial charge on any atom is -0.493 e. The molecule has 0 saturated carbocycles. The maximum atomic E-state index is 12.3. The highest BCUT2D eigenvalue weighted by molar-refractivity contribution is 8.00. The molecule has 0 aliphatic rings. The van der Waals surface area contributed by atoms with E-state index in [-0.39, 0.29) is 27.8 Å². The Balaban J connectivity index is 2.13. The number of nitro groups is 1. The van der Waals surface area contributed by atoms with Crippen molar-refractivity contribution in [1.29, 1.82) is 0 Å². The van der Waals surface area contributed by atoms with E-state index in [4.69, 9.17) is 15.2 Å². The van der Waals surface area contributed by atoms with Crippen LogP contribution in [0, 0.1) is 17.0 Å². The number of nitro benzene ring substituents is 1. The molecule has 3 N–H and O–H groups in total. The van der Waals surface area contributed by atoms with Gasteiger partial charge in [0.1, 0.15) is 0 Å². The van der Waals surface area contributed by atoms with Crippen LogP contribution < -0.4 is 20.5 Å². The molecule has 2 amide bonds. The summed E-state index contributed by atoms with van der Waals surface area (Å²) in [7, 11) is 3.01. The molecule has 0 aliphatic carbocycles. The first-order valence-electron chi connectivity index (χ1n) is 8.00. The minimum atomic E-state index is -0.763. The Morgan fingerprint density at radius 2 is 1.82 bits per heavy atom. The molecule has 0 aromatic heterocycles. The van der Waals surface area contributed by atoms with Crippen LogP contribution in [0.1, 0.15) is 15.9 Å². The third-order valence-corrected chi connectivity index (χ3v) is 4.87. The van der Waals surface area contributed by atoms with Crippen molar-refractivity contribution in [1.82, 2.24) is 0 Å². The number of nitrogens with zero attached hydrogens (tertiary/aromatic N) is 1. The molecule has 0 unspecified atom stereocenters. The number of thioether (sulfide) groups is 1. The highest BCUT2D eigenvalue weighted by Gasteiger charge is 2.18. The number of benzene rings is 2. The summed E-state index contributed by atoms with van der Waals surface area (Å²) < 4.78 is 10.4. The molecule has 2 aromatic rings. The Morgan fingerprint density at radius 1 is 1.18 bits per heavy atom. The van der Waals surface area contributed by atoms with Crippen LogP contribution >= 0.6 is 11.8 Å². The quantitative estimate of drug-likeness (QED) is 0.392. The van der Waals surface area contributed by atoms with Crippen LogP contribution in [0.4, 0.5) is 11.4 Å². The highest BCUT2D eigenvalue weighted by atomic mass is 32.2. The number of amides is 2. The van der Waals surface area contributed by atoms with Crippen molar-refractivity contribution in [2.75, 3.05) is 25.3 Å². The van der Waals surface area contributed by atoms with Crippen molar-refractivity contribution < 1.29 is 24.0 Å². The smallest absolute Gasteiger partial charge is 0.283 e. The first kappa shape index (κ1) is 21.0. The number of carbonyl (C=O) groups is 2. The maximum Gasteiger partial charge on any atom is 0.283 e. The van der Waals surface area contributed by atoms with Crippen LogP contribution in [0.3, 0.4) is 0 Å². The van der Waals surface area contributed by atoms with Crippen LogP contribution in [-0.4, -0.2) is 36.7 Å². The SMILES string of the molecule is COc1cc(C)c(NC(=O)CSc2ccc(C(N)=O)cc2[N+](=O)[O-])cc1OC.